The largest absolute Gasteiger partial charge is 0.459 e. The summed E-state index contributed by atoms with van der Waals surface area (Å²) in [5.74, 6) is -0.601. The number of rotatable bonds is 4. The molecule has 148 valence electrons. The molecule has 3 amide bonds. The highest BCUT2D eigenvalue weighted by Crippen LogP contribution is 2.31. The molecule has 28 heavy (non-hydrogen) atoms. The van der Waals surface area contributed by atoms with Crippen LogP contribution in [-0.4, -0.2) is 34.2 Å². The van der Waals surface area contributed by atoms with E-state index in [2.05, 4.69) is 13.8 Å². The number of hydrogen-bond donors (Lipinski definition) is 0. The van der Waals surface area contributed by atoms with E-state index in [1.807, 2.05) is 32.9 Å². The number of nitrogens with zero attached hydrogens (tertiary/aromatic N) is 2. The molecule has 1 unspecified atom stereocenters. The van der Waals surface area contributed by atoms with Crippen molar-refractivity contribution >= 4 is 23.4 Å². The van der Waals surface area contributed by atoms with E-state index in [4.69, 9.17) is 4.42 Å². The quantitative estimate of drug-likeness (QED) is 0.750. The maximum atomic E-state index is 13.2. The molecule has 0 N–H and O–H groups in total. The first-order valence-corrected chi connectivity index (χ1v) is 9.45. The zero-order valence-corrected chi connectivity index (χ0v) is 16.9. The highest BCUT2D eigenvalue weighted by Gasteiger charge is 2.48. The van der Waals surface area contributed by atoms with Crippen molar-refractivity contribution in [3.05, 3.63) is 54.0 Å². The molecule has 1 saturated heterocycles. The standard InChI is InChI=1S/C22H26N2O4/c1-14(2)15-8-10-16(11-9-15)23-19(25)13-17(20(23)26)24(22(3,4)5)21(27)18-7-6-12-28-18/h6-12,14,17H,13H2,1-5H3. The fourth-order valence-electron chi connectivity index (χ4n) is 3.53. The van der Waals surface area contributed by atoms with Gasteiger partial charge >= 0.3 is 0 Å². The molecule has 1 aromatic heterocycles. The molecular formula is C22H26N2O4. The van der Waals surface area contributed by atoms with Gasteiger partial charge in [0.05, 0.1) is 18.4 Å². The number of benzene rings is 1. The molecule has 1 aromatic carbocycles. The Morgan fingerprint density at radius 1 is 1.14 bits per heavy atom. The number of hydrogen-bond acceptors (Lipinski definition) is 4. The van der Waals surface area contributed by atoms with E-state index in [9.17, 15) is 14.4 Å². The van der Waals surface area contributed by atoms with Gasteiger partial charge in [-0.25, -0.2) is 4.90 Å². The summed E-state index contributed by atoms with van der Waals surface area (Å²) < 4.78 is 5.24. The summed E-state index contributed by atoms with van der Waals surface area (Å²) in [4.78, 5) is 41.5. The van der Waals surface area contributed by atoms with E-state index in [-0.39, 0.29) is 18.1 Å². The lowest BCUT2D eigenvalue weighted by atomic mass is 10.0. The van der Waals surface area contributed by atoms with Crippen LogP contribution in [0.1, 0.15) is 63.1 Å². The maximum absolute atomic E-state index is 13.2. The molecule has 3 rings (SSSR count). The van der Waals surface area contributed by atoms with Gasteiger partial charge in [-0.2, -0.15) is 0 Å². The molecule has 6 heteroatoms. The molecule has 0 spiro atoms. The summed E-state index contributed by atoms with van der Waals surface area (Å²) in [5.41, 5.74) is 0.993. The Kier molecular flexibility index (Phi) is 5.15. The molecule has 2 aromatic rings. The fraction of sp³-hybridized carbons (Fsp3) is 0.409. The number of imide groups is 1. The van der Waals surface area contributed by atoms with Gasteiger partial charge in [-0.05, 0) is 56.5 Å². The van der Waals surface area contributed by atoms with Gasteiger partial charge in [0.1, 0.15) is 6.04 Å². The highest BCUT2D eigenvalue weighted by atomic mass is 16.3. The van der Waals surface area contributed by atoms with Gasteiger partial charge in [-0.3, -0.25) is 14.4 Å². The first kappa shape index (κ1) is 19.9. The zero-order chi connectivity index (χ0) is 20.6. The Labute approximate surface area is 165 Å². The van der Waals surface area contributed by atoms with Gasteiger partial charge in [0.15, 0.2) is 5.76 Å². The Bertz CT molecular complexity index is 876. The highest BCUT2D eigenvalue weighted by molar-refractivity contribution is 6.23. The lowest BCUT2D eigenvalue weighted by Gasteiger charge is -2.38. The van der Waals surface area contributed by atoms with Crippen molar-refractivity contribution in [2.24, 2.45) is 0 Å². The SMILES string of the molecule is CC(C)c1ccc(N2C(=O)CC(N(C(=O)c3ccco3)C(C)(C)C)C2=O)cc1. The first-order valence-electron chi connectivity index (χ1n) is 9.45. The normalized spacial score (nSPS) is 17.5. The summed E-state index contributed by atoms with van der Waals surface area (Å²) in [7, 11) is 0. The number of furan rings is 1. The van der Waals surface area contributed by atoms with E-state index in [1.54, 1.807) is 24.3 Å². The summed E-state index contributed by atoms with van der Waals surface area (Å²) in [6.07, 6.45) is 1.37. The molecule has 1 aliphatic heterocycles. The summed E-state index contributed by atoms with van der Waals surface area (Å²) in [5, 5.41) is 0. The lowest BCUT2D eigenvalue weighted by Crippen LogP contribution is -2.54. The molecule has 2 heterocycles. The Balaban J connectivity index is 1.93. The van der Waals surface area contributed by atoms with Crippen molar-refractivity contribution < 1.29 is 18.8 Å². The molecule has 1 aliphatic rings. The minimum absolute atomic E-state index is 0.0471. The van der Waals surface area contributed by atoms with Crippen molar-refractivity contribution in [3.8, 4) is 0 Å². The monoisotopic (exact) mass is 382 g/mol. The topological polar surface area (TPSA) is 70.8 Å². The predicted molar refractivity (Wildman–Crippen MR) is 106 cm³/mol. The molecular weight excluding hydrogens is 356 g/mol. The van der Waals surface area contributed by atoms with Crippen LogP contribution in [0.5, 0.6) is 0 Å². The first-order chi connectivity index (χ1) is 13.1. The average Bonchev–Trinajstić information content (AvgIpc) is 3.23. The lowest BCUT2D eigenvalue weighted by molar-refractivity contribution is -0.123. The molecule has 1 fully saturated rings. The third-order valence-electron chi connectivity index (χ3n) is 4.93. The fourth-order valence-corrected chi connectivity index (χ4v) is 3.53. The Morgan fingerprint density at radius 3 is 2.29 bits per heavy atom. The second kappa shape index (κ2) is 7.26. The van der Waals surface area contributed by atoms with Crippen molar-refractivity contribution in [2.75, 3.05) is 4.90 Å². The van der Waals surface area contributed by atoms with Crippen LogP contribution in [-0.2, 0) is 9.59 Å². The maximum Gasteiger partial charge on any atom is 0.290 e. The number of anilines is 1. The van der Waals surface area contributed by atoms with Crippen LogP contribution < -0.4 is 4.90 Å². The van der Waals surface area contributed by atoms with Crippen molar-refractivity contribution in [3.63, 3.8) is 0 Å². The van der Waals surface area contributed by atoms with Crippen molar-refractivity contribution in [1.29, 1.82) is 0 Å². The van der Waals surface area contributed by atoms with Gasteiger partial charge in [0, 0.05) is 5.54 Å². The van der Waals surface area contributed by atoms with Crippen LogP contribution in [0.25, 0.3) is 0 Å². The van der Waals surface area contributed by atoms with E-state index < -0.39 is 23.4 Å². The summed E-state index contributed by atoms with van der Waals surface area (Å²) in [6.45, 7) is 9.68. The molecule has 0 saturated carbocycles. The van der Waals surface area contributed by atoms with Gasteiger partial charge in [0.25, 0.3) is 11.8 Å². The van der Waals surface area contributed by atoms with Gasteiger partial charge in [-0.15, -0.1) is 0 Å². The predicted octanol–water partition coefficient (Wildman–Crippen LogP) is 3.98. The van der Waals surface area contributed by atoms with E-state index in [0.717, 1.165) is 5.56 Å². The zero-order valence-electron chi connectivity index (χ0n) is 16.9. The third kappa shape index (κ3) is 3.59. The Morgan fingerprint density at radius 2 is 1.79 bits per heavy atom. The van der Waals surface area contributed by atoms with Crippen LogP contribution in [0.4, 0.5) is 5.69 Å². The average molecular weight is 382 g/mol. The van der Waals surface area contributed by atoms with Crippen LogP contribution >= 0.6 is 0 Å². The van der Waals surface area contributed by atoms with Crippen LogP contribution in [0.3, 0.4) is 0 Å². The van der Waals surface area contributed by atoms with Crippen LogP contribution in [0.15, 0.2) is 47.1 Å². The molecule has 0 aliphatic carbocycles. The van der Waals surface area contributed by atoms with Crippen LogP contribution in [0.2, 0.25) is 0 Å². The number of carbonyl (C=O) groups is 3. The van der Waals surface area contributed by atoms with Crippen LogP contribution in [0, 0.1) is 0 Å². The summed E-state index contributed by atoms with van der Waals surface area (Å²) in [6, 6.07) is 9.72. The van der Waals surface area contributed by atoms with E-state index in [0.29, 0.717) is 11.6 Å². The second-order valence-electron chi connectivity index (χ2n) is 8.36. The second-order valence-corrected chi connectivity index (χ2v) is 8.36. The smallest absolute Gasteiger partial charge is 0.290 e. The van der Waals surface area contributed by atoms with E-state index in [1.165, 1.54) is 16.1 Å². The molecule has 6 nitrogen and oxygen atoms in total. The molecule has 1 atom stereocenters. The van der Waals surface area contributed by atoms with Crippen molar-refractivity contribution in [1.82, 2.24) is 4.90 Å². The summed E-state index contributed by atoms with van der Waals surface area (Å²) >= 11 is 0. The van der Waals surface area contributed by atoms with Crippen molar-refractivity contribution in [2.45, 2.75) is 58.5 Å². The minimum atomic E-state index is -0.866. The molecule has 0 bridgehead atoms. The molecule has 0 radical (unpaired) electrons. The Hall–Kier alpha value is -2.89. The van der Waals surface area contributed by atoms with Gasteiger partial charge in [-0.1, -0.05) is 26.0 Å². The minimum Gasteiger partial charge on any atom is -0.459 e. The number of carbonyl (C=O) groups excluding carboxylic acids is 3. The third-order valence-corrected chi connectivity index (χ3v) is 4.93. The number of amides is 3. The van der Waals surface area contributed by atoms with Gasteiger partial charge < -0.3 is 9.32 Å². The van der Waals surface area contributed by atoms with Gasteiger partial charge in [0.2, 0.25) is 5.91 Å². The van der Waals surface area contributed by atoms with E-state index >= 15 is 0 Å².